The van der Waals surface area contributed by atoms with Crippen molar-refractivity contribution in [3.63, 3.8) is 0 Å². The number of hydrogen-bond acceptors (Lipinski definition) is 4. The normalized spacial score (nSPS) is 10.1. The summed E-state index contributed by atoms with van der Waals surface area (Å²) in [6.45, 7) is 0. The van der Waals surface area contributed by atoms with E-state index in [4.69, 9.17) is 0 Å². The topological polar surface area (TPSA) is 85.1 Å². The first-order valence-electron chi connectivity index (χ1n) is 5.34. The van der Waals surface area contributed by atoms with Gasteiger partial charge in [0, 0.05) is 24.0 Å². The minimum Gasteiger partial charge on any atom is -0.322 e. The fourth-order valence-corrected chi connectivity index (χ4v) is 1.49. The average Bonchev–Trinajstić information content (AvgIpc) is 2.38. The maximum absolute atomic E-state index is 13.4. The van der Waals surface area contributed by atoms with Gasteiger partial charge in [-0.15, -0.1) is 0 Å². The number of halogens is 2. The van der Waals surface area contributed by atoms with E-state index in [0.29, 0.717) is 0 Å². The van der Waals surface area contributed by atoms with Gasteiger partial charge in [0.15, 0.2) is 5.82 Å². The molecule has 2 aromatic rings. The summed E-state index contributed by atoms with van der Waals surface area (Å²) in [5.74, 6) is -2.73. The quantitative estimate of drug-likeness (QED) is 0.691. The molecule has 0 aliphatic rings. The predicted molar refractivity (Wildman–Crippen MR) is 65.2 cm³/mol. The van der Waals surface area contributed by atoms with Crippen molar-refractivity contribution in [2.24, 2.45) is 0 Å². The van der Waals surface area contributed by atoms with Gasteiger partial charge in [-0.2, -0.15) is 4.39 Å². The van der Waals surface area contributed by atoms with Crippen LogP contribution in [0.25, 0.3) is 0 Å². The molecule has 102 valence electrons. The first-order chi connectivity index (χ1) is 9.49. The minimum absolute atomic E-state index is 0.0192. The van der Waals surface area contributed by atoms with Crippen LogP contribution in [-0.2, 0) is 0 Å². The molecule has 0 aliphatic heterocycles. The van der Waals surface area contributed by atoms with Gasteiger partial charge in [0.1, 0.15) is 0 Å². The van der Waals surface area contributed by atoms with Gasteiger partial charge in [0.25, 0.3) is 5.91 Å². The number of amides is 1. The number of rotatable bonds is 3. The van der Waals surface area contributed by atoms with E-state index in [1.807, 2.05) is 0 Å². The number of anilines is 1. The fourth-order valence-electron chi connectivity index (χ4n) is 1.49. The molecular formula is C12H7F2N3O3. The van der Waals surface area contributed by atoms with E-state index in [1.54, 1.807) is 0 Å². The van der Waals surface area contributed by atoms with Crippen molar-refractivity contribution >= 4 is 17.3 Å². The largest absolute Gasteiger partial charge is 0.322 e. The maximum atomic E-state index is 13.4. The summed E-state index contributed by atoms with van der Waals surface area (Å²) >= 11 is 0. The van der Waals surface area contributed by atoms with Crippen molar-refractivity contribution in [3.05, 3.63) is 64.0 Å². The number of nitrogens with one attached hydrogen (secondary N) is 1. The number of nitro groups is 1. The van der Waals surface area contributed by atoms with Gasteiger partial charge in [0.05, 0.1) is 16.7 Å². The van der Waals surface area contributed by atoms with E-state index in [0.717, 1.165) is 30.5 Å². The average molecular weight is 279 g/mol. The van der Waals surface area contributed by atoms with E-state index < -0.39 is 28.2 Å². The van der Waals surface area contributed by atoms with Crippen molar-refractivity contribution in [1.29, 1.82) is 0 Å². The third kappa shape index (κ3) is 2.74. The standard InChI is InChI=1S/C12H7F2N3O3/c13-9-5-7(1-2-11(9)17(19)20)16-12(18)8-3-4-15-6-10(8)14/h1-6H,(H,16,18). The van der Waals surface area contributed by atoms with Crippen LogP contribution < -0.4 is 5.32 Å². The Bertz CT molecular complexity index is 691. The van der Waals surface area contributed by atoms with Crippen LogP contribution in [0.4, 0.5) is 20.2 Å². The lowest BCUT2D eigenvalue weighted by molar-refractivity contribution is -0.387. The number of pyridine rings is 1. The zero-order chi connectivity index (χ0) is 14.7. The molecule has 0 fully saturated rings. The van der Waals surface area contributed by atoms with Crippen LogP contribution in [0.1, 0.15) is 10.4 Å². The van der Waals surface area contributed by atoms with Crippen LogP contribution in [0.5, 0.6) is 0 Å². The van der Waals surface area contributed by atoms with E-state index in [-0.39, 0.29) is 11.3 Å². The number of benzene rings is 1. The van der Waals surface area contributed by atoms with E-state index in [2.05, 4.69) is 10.3 Å². The Morgan fingerprint density at radius 2 is 2.00 bits per heavy atom. The molecule has 0 radical (unpaired) electrons. The second kappa shape index (κ2) is 5.39. The Hall–Kier alpha value is -2.90. The summed E-state index contributed by atoms with van der Waals surface area (Å²) < 4.78 is 26.7. The van der Waals surface area contributed by atoms with Gasteiger partial charge >= 0.3 is 5.69 Å². The highest BCUT2D eigenvalue weighted by Crippen LogP contribution is 2.21. The van der Waals surface area contributed by atoms with Crippen molar-refractivity contribution in [1.82, 2.24) is 4.98 Å². The lowest BCUT2D eigenvalue weighted by atomic mass is 10.2. The summed E-state index contributed by atoms with van der Waals surface area (Å²) in [6, 6.07) is 4.01. The number of nitrogens with zero attached hydrogens (tertiary/aromatic N) is 2. The Balaban J connectivity index is 2.23. The van der Waals surface area contributed by atoms with Crippen LogP contribution in [0.3, 0.4) is 0 Å². The zero-order valence-electron chi connectivity index (χ0n) is 9.84. The summed E-state index contributed by atoms with van der Waals surface area (Å²) in [5, 5.41) is 12.7. The third-order valence-corrected chi connectivity index (χ3v) is 2.42. The van der Waals surface area contributed by atoms with Gasteiger partial charge in [-0.3, -0.25) is 19.9 Å². The molecule has 0 spiro atoms. The van der Waals surface area contributed by atoms with Crippen LogP contribution in [0, 0.1) is 21.7 Å². The summed E-state index contributed by atoms with van der Waals surface area (Å²) in [4.78, 5) is 24.8. The molecule has 1 aromatic heterocycles. The highest BCUT2D eigenvalue weighted by Gasteiger charge is 2.16. The van der Waals surface area contributed by atoms with Crippen LogP contribution in [0.15, 0.2) is 36.7 Å². The van der Waals surface area contributed by atoms with E-state index in [9.17, 15) is 23.7 Å². The molecular weight excluding hydrogens is 272 g/mol. The minimum atomic E-state index is -1.09. The Morgan fingerprint density at radius 1 is 1.25 bits per heavy atom. The Kier molecular flexibility index (Phi) is 3.65. The van der Waals surface area contributed by atoms with E-state index in [1.165, 1.54) is 6.20 Å². The second-order valence-electron chi connectivity index (χ2n) is 3.73. The first kappa shape index (κ1) is 13.5. The van der Waals surface area contributed by atoms with Gasteiger partial charge in [0.2, 0.25) is 5.82 Å². The van der Waals surface area contributed by atoms with Crippen molar-refractivity contribution in [2.75, 3.05) is 5.32 Å². The molecule has 1 N–H and O–H groups in total. The molecule has 0 bridgehead atoms. The number of carbonyl (C=O) groups excluding carboxylic acids is 1. The van der Waals surface area contributed by atoms with Crippen molar-refractivity contribution < 1.29 is 18.5 Å². The smallest absolute Gasteiger partial charge is 0.304 e. The molecule has 0 saturated carbocycles. The first-order valence-corrected chi connectivity index (χ1v) is 5.34. The summed E-state index contributed by atoms with van der Waals surface area (Å²) in [7, 11) is 0. The zero-order valence-corrected chi connectivity index (χ0v) is 9.84. The Morgan fingerprint density at radius 3 is 2.60 bits per heavy atom. The SMILES string of the molecule is O=C(Nc1ccc([N+](=O)[O-])c(F)c1)c1ccncc1F. The predicted octanol–water partition coefficient (Wildman–Crippen LogP) is 2.52. The molecule has 1 heterocycles. The molecule has 0 unspecified atom stereocenters. The molecule has 2 rings (SSSR count). The molecule has 1 amide bonds. The second-order valence-corrected chi connectivity index (χ2v) is 3.73. The van der Waals surface area contributed by atoms with E-state index >= 15 is 0 Å². The van der Waals surface area contributed by atoms with Gasteiger partial charge in [-0.25, -0.2) is 4.39 Å². The highest BCUT2D eigenvalue weighted by atomic mass is 19.1. The Labute approximate surface area is 111 Å². The summed E-state index contributed by atoms with van der Waals surface area (Å²) in [6.07, 6.45) is 2.10. The summed E-state index contributed by atoms with van der Waals surface area (Å²) in [5.41, 5.74) is -0.994. The lowest BCUT2D eigenvalue weighted by Crippen LogP contribution is -2.14. The molecule has 0 atom stereocenters. The van der Waals surface area contributed by atoms with Gasteiger partial charge < -0.3 is 5.32 Å². The molecule has 20 heavy (non-hydrogen) atoms. The highest BCUT2D eigenvalue weighted by molar-refractivity contribution is 6.04. The fraction of sp³-hybridized carbons (Fsp3) is 0. The molecule has 8 heteroatoms. The van der Waals surface area contributed by atoms with Gasteiger partial charge in [-0.1, -0.05) is 0 Å². The number of carbonyl (C=O) groups is 1. The lowest BCUT2D eigenvalue weighted by Gasteiger charge is -2.05. The van der Waals surface area contributed by atoms with Crippen LogP contribution in [0.2, 0.25) is 0 Å². The number of hydrogen-bond donors (Lipinski definition) is 1. The molecule has 0 aliphatic carbocycles. The third-order valence-electron chi connectivity index (χ3n) is 2.42. The molecule has 6 nitrogen and oxygen atoms in total. The van der Waals surface area contributed by atoms with Gasteiger partial charge in [-0.05, 0) is 12.1 Å². The number of aromatic nitrogens is 1. The molecule has 0 saturated heterocycles. The van der Waals surface area contributed by atoms with Crippen LogP contribution in [-0.4, -0.2) is 15.8 Å². The number of nitro benzene ring substituents is 1. The molecule has 1 aromatic carbocycles. The van der Waals surface area contributed by atoms with Crippen LogP contribution >= 0.6 is 0 Å². The maximum Gasteiger partial charge on any atom is 0.304 e. The monoisotopic (exact) mass is 279 g/mol. The van der Waals surface area contributed by atoms with Crippen molar-refractivity contribution in [3.8, 4) is 0 Å². The van der Waals surface area contributed by atoms with Crippen molar-refractivity contribution in [2.45, 2.75) is 0 Å².